The first kappa shape index (κ1) is 12.0. The highest BCUT2D eigenvalue weighted by molar-refractivity contribution is 5.91. The molecular formula is C14H19NO2. The Labute approximate surface area is 102 Å². The summed E-state index contributed by atoms with van der Waals surface area (Å²) in [5, 5.41) is 9.20. The van der Waals surface area contributed by atoms with Crippen molar-refractivity contribution in [1.29, 1.82) is 0 Å². The van der Waals surface area contributed by atoms with Crippen LogP contribution in [0.3, 0.4) is 0 Å². The molecule has 3 nitrogen and oxygen atoms in total. The standard InChI is InChI=1S/C14H19NO2/c1-9-7-12(15-6-4-5-10(15)2)8-13(11(9)3)14(16)17/h7-8,10H,4-6H2,1-3H3,(H,16,17). The van der Waals surface area contributed by atoms with E-state index in [2.05, 4.69) is 17.9 Å². The highest BCUT2D eigenvalue weighted by Gasteiger charge is 2.22. The number of hydrogen-bond acceptors (Lipinski definition) is 2. The molecule has 17 heavy (non-hydrogen) atoms. The molecule has 0 amide bonds. The summed E-state index contributed by atoms with van der Waals surface area (Å²) >= 11 is 0. The summed E-state index contributed by atoms with van der Waals surface area (Å²) in [6.07, 6.45) is 2.38. The second-order valence-electron chi connectivity index (χ2n) is 4.93. The highest BCUT2D eigenvalue weighted by Crippen LogP contribution is 2.29. The average molecular weight is 233 g/mol. The van der Waals surface area contributed by atoms with Crippen LogP contribution in [0.4, 0.5) is 5.69 Å². The van der Waals surface area contributed by atoms with E-state index < -0.39 is 5.97 Å². The topological polar surface area (TPSA) is 40.5 Å². The van der Waals surface area contributed by atoms with Crippen molar-refractivity contribution in [3.63, 3.8) is 0 Å². The number of nitrogens with zero attached hydrogens (tertiary/aromatic N) is 1. The molecule has 1 unspecified atom stereocenters. The van der Waals surface area contributed by atoms with Crippen LogP contribution >= 0.6 is 0 Å². The molecule has 1 saturated heterocycles. The highest BCUT2D eigenvalue weighted by atomic mass is 16.4. The molecule has 0 radical (unpaired) electrons. The molecule has 1 atom stereocenters. The summed E-state index contributed by atoms with van der Waals surface area (Å²) in [6.45, 7) is 7.08. The van der Waals surface area contributed by atoms with Crippen LogP contribution < -0.4 is 4.90 Å². The van der Waals surface area contributed by atoms with Crippen molar-refractivity contribution in [1.82, 2.24) is 0 Å². The Hall–Kier alpha value is -1.51. The summed E-state index contributed by atoms with van der Waals surface area (Å²) in [5.41, 5.74) is 3.40. The molecule has 1 aromatic rings. The molecule has 1 aromatic carbocycles. The van der Waals surface area contributed by atoms with Crippen molar-refractivity contribution in [3.8, 4) is 0 Å². The fraction of sp³-hybridized carbons (Fsp3) is 0.500. The Morgan fingerprint density at radius 3 is 2.65 bits per heavy atom. The molecule has 0 saturated carbocycles. The Morgan fingerprint density at radius 2 is 2.12 bits per heavy atom. The van der Waals surface area contributed by atoms with Gasteiger partial charge in [-0.15, -0.1) is 0 Å². The van der Waals surface area contributed by atoms with Gasteiger partial charge in [0.05, 0.1) is 5.56 Å². The van der Waals surface area contributed by atoms with Crippen LogP contribution in [0.2, 0.25) is 0 Å². The molecule has 0 aliphatic carbocycles. The molecule has 1 N–H and O–H groups in total. The lowest BCUT2D eigenvalue weighted by atomic mass is 10.0. The van der Waals surface area contributed by atoms with Gasteiger partial charge in [0.1, 0.15) is 0 Å². The van der Waals surface area contributed by atoms with E-state index in [4.69, 9.17) is 0 Å². The van der Waals surface area contributed by atoms with Gasteiger partial charge in [-0.1, -0.05) is 0 Å². The first-order valence-electron chi connectivity index (χ1n) is 6.12. The van der Waals surface area contributed by atoms with E-state index in [1.807, 2.05) is 19.9 Å². The molecule has 0 spiro atoms. The number of rotatable bonds is 2. The molecule has 0 aromatic heterocycles. The van der Waals surface area contributed by atoms with E-state index in [1.54, 1.807) is 0 Å². The van der Waals surface area contributed by atoms with Gasteiger partial charge in [0.2, 0.25) is 0 Å². The summed E-state index contributed by atoms with van der Waals surface area (Å²) in [4.78, 5) is 13.5. The number of benzene rings is 1. The van der Waals surface area contributed by atoms with Crippen LogP contribution in [0.15, 0.2) is 12.1 Å². The normalized spacial score (nSPS) is 19.7. The molecule has 1 fully saturated rings. The van der Waals surface area contributed by atoms with Crippen molar-refractivity contribution in [2.24, 2.45) is 0 Å². The third kappa shape index (κ3) is 2.14. The predicted molar refractivity (Wildman–Crippen MR) is 68.9 cm³/mol. The van der Waals surface area contributed by atoms with Crippen LogP contribution in [0, 0.1) is 13.8 Å². The van der Waals surface area contributed by atoms with Crippen molar-refractivity contribution in [2.45, 2.75) is 39.7 Å². The van der Waals surface area contributed by atoms with E-state index in [9.17, 15) is 9.90 Å². The third-order valence-corrected chi connectivity index (χ3v) is 3.77. The molecule has 0 bridgehead atoms. The molecule has 92 valence electrons. The zero-order chi connectivity index (χ0) is 12.6. The monoisotopic (exact) mass is 233 g/mol. The van der Waals surface area contributed by atoms with Gasteiger partial charge in [-0.25, -0.2) is 4.79 Å². The predicted octanol–water partition coefficient (Wildman–Crippen LogP) is 2.99. The number of carboxylic acid groups (broad SMARTS) is 1. The first-order chi connectivity index (χ1) is 8.00. The zero-order valence-electron chi connectivity index (χ0n) is 10.7. The average Bonchev–Trinajstić information content (AvgIpc) is 2.68. The Kier molecular flexibility index (Phi) is 3.09. The fourth-order valence-electron chi connectivity index (χ4n) is 2.55. The number of carboxylic acids is 1. The van der Waals surface area contributed by atoms with Gasteiger partial charge >= 0.3 is 5.97 Å². The van der Waals surface area contributed by atoms with Gasteiger partial charge in [-0.05, 0) is 56.9 Å². The number of aromatic carboxylic acids is 1. The SMILES string of the molecule is Cc1cc(N2CCCC2C)cc(C(=O)O)c1C. The second kappa shape index (κ2) is 4.40. The van der Waals surface area contributed by atoms with Crippen LogP contribution in [0.25, 0.3) is 0 Å². The minimum Gasteiger partial charge on any atom is -0.478 e. The lowest BCUT2D eigenvalue weighted by Gasteiger charge is -2.25. The molecule has 2 rings (SSSR count). The summed E-state index contributed by atoms with van der Waals surface area (Å²) < 4.78 is 0. The quantitative estimate of drug-likeness (QED) is 0.853. The Bertz CT molecular complexity index is 454. The van der Waals surface area contributed by atoms with Crippen LogP contribution in [0.1, 0.15) is 41.3 Å². The minimum absolute atomic E-state index is 0.430. The van der Waals surface area contributed by atoms with Crippen molar-refractivity contribution in [2.75, 3.05) is 11.4 Å². The maximum Gasteiger partial charge on any atom is 0.336 e. The van der Waals surface area contributed by atoms with E-state index in [-0.39, 0.29) is 0 Å². The number of carbonyl (C=O) groups is 1. The molecule has 3 heteroatoms. The lowest BCUT2D eigenvalue weighted by molar-refractivity contribution is 0.0696. The van der Waals surface area contributed by atoms with Crippen LogP contribution in [-0.4, -0.2) is 23.7 Å². The lowest BCUT2D eigenvalue weighted by Crippen LogP contribution is -2.26. The third-order valence-electron chi connectivity index (χ3n) is 3.77. The number of anilines is 1. The van der Waals surface area contributed by atoms with Crippen LogP contribution in [-0.2, 0) is 0 Å². The van der Waals surface area contributed by atoms with Crippen molar-refractivity contribution in [3.05, 3.63) is 28.8 Å². The van der Waals surface area contributed by atoms with Gasteiger partial charge in [0.25, 0.3) is 0 Å². The van der Waals surface area contributed by atoms with Gasteiger partial charge in [-0.3, -0.25) is 0 Å². The molecular weight excluding hydrogens is 214 g/mol. The maximum atomic E-state index is 11.2. The van der Waals surface area contributed by atoms with E-state index in [0.29, 0.717) is 11.6 Å². The minimum atomic E-state index is -0.834. The Morgan fingerprint density at radius 1 is 1.41 bits per heavy atom. The molecule has 1 aliphatic heterocycles. The van der Waals surface area contributed by atoms with E-state index in [1.165, 1.54) is 12.8 Å². The fourth-order valence-corrected chi connectivity index (χ4v) is 2.55. The van der Waals surface area contributed by atoms with Crippen LogP contribution in [0.5, 0.6) is 0 Å². The summed E-state index contributed by atoms with van der Waals surface area (Å²) in [6, 6.07) is 4.43. The second-order valence-corrected chi connectivity index (χ2v) is 4.93. The van der Waals surface area contributed by atoms with E-state index in [0.717, 1.165) is 23.4 Å². The zero-order valence-corrected chi connectivity index (χ0v) is 10.7. The van der Waals surface area contributed by atoms with Crippen molar-refractivity contribution >= 4 is 11.7 Å². The van der Waals surface area contributed by atoms with Gasteiger partial charge < -0.3 is 10.0 Å². The number of hydrogen-bond donors (Lipinski definition) is 1. The summed E-state index contributed by atoms with van der Waals surface area (Å²) in [7, 11) is 0. The van der Waals surface area contributed by atoms with Crippen molar-refractivity contribution < 1.29 is 9.90 Å². The van der Waals surface area contributed by atoms with Gasteiger partial charge in [0, 0.05) is 18.3 Å². The van der Waals surface area contributed by atoms with Gasteiger partial charge in [-0.2, -0.15) is 0 Å². The van der Waals surface area contributed by atoms with Gasteiger partial charge in [0.15, 0.2) is 0 Å². The molecule has 1 heterocycles. The first-order valence-corrected chi connectivity index (χ1v) is 6.12. The summed E-state index contributed by atoms with van der Waals surface area (Å²) in [5.74, 6) is -0.834. The number of aryl methyl sites for hydroxylation is 1. The smallest absolute Gasteiger partial charge is 0.336 e. The Balaban J connectivity index is 2.45. The maximum absolute atomic E-state index is 11.2. The molecule has 1 aliphatic rings. The largest absolute Gasteiger partial charge is 0.478 e. The van der Waals surface area contributed by atoms with E-state index >= 15 is 0 Å².